The van der Waals surface area contributed by atoms with Crippen molar-refractivity contribution in [3.63, 3.8) is 0 Å². The Morgan fingerprint density at radius 2 is 1.47 bits per heavy atom. The van der Waals surface area contributed by atoms with Gasteiger partial charge in [-0.25, -0.2) is 4.79 Å². The standard InChI is InChI=1S/C19H36N4O6S/c1-10(2)8-13(17(26)23-15(11(3)4)19(28)29)21-18(27)14(9-24)22-16(25)12(20)6-7-30-5/h10-15,24H,6-9,20H2,1-5H3,(H,21,27)(H,22,25)(H,23,26)(H,28,29). The lowest BCUT2D eigenvalue weighted by Crippen LogP contribution is -2.58. The van der Waals surface area contributed by atoms with Crippen LogP contribution in [-0.4, -0.2) is 76.7 Å². The van der Waals surface area contributed by atoms with Crippen LogP contribution >= 0.6 is 11.8 Å². The summed E-state index contributed by atoms with van der Waals surface area (Å²) >= 11 is 1.53. The highest BCUT2D eigenvalue weighted by Crippen LogP contribution is 2.08. The molecule has 0 fully saturated rings. The molecule has 0 saturated heterocycles. The number of hydrogen-bond donors (Lipinski definition) is 6. The second kappa shape index (κ2) is 14.2. The van der Waals surface area contributed by atoms with Crippen LogP contribution < -0.4 is 21.7 Å². The van der Waals surface area contributed by atoms with Crippen molar-refractivity contribution in [2.45, 2.75) is 64.7 Å². The van der Waals surface area contributed by atoms with E-state index in [1.807, 2.05) is 20.1 Å². The van der Waals surface area contributed by atoms with Crippen LogP contribution in [0.2, 0.25) is 0 Å². The lowest BCUT2D eigenvalue weighted by Gasteiger charge is -2.26. The van der Waals surface area contributed by atoms with Crippen LogP contribution in [-0.2, 0) is 19.2 Å². The number of aliphatic hydroxyl groups is 1. The van der Waals surface area contributed by atoms with E-state index in [9.17, 15) is 29.4 Å². The molecule has 0 radical (unpaired) electrons. The molecule has 10 nitrogen and oxygen atoms in total. The quantitative estimate of drug-likeness (QED) is 0.202. The molecule has 0 spiro atoms. The maximum absolute atomic E-state index is 12.6. The highest BCUT2D eigenvalue weighted by molar-refractivity contribution is 7.98. The van der Waals surface area contributed by atoms with Gasteiger partial charge in [-0.1, -0.05) is 27.7 Å². The van der Waals surface area contributed by atoms with E-state index in [0.29, 0.717) is 12.2 Å². The summed E-state index contributed by atoms with van der Waals surface area (Å²) in [7, 11) is 0. The van der Waals surface area contributed by atoms with Gasteiger partial charge in [0.25, 0.3) is 0 Å². The Bertz CT molecular complexity index is 587. The number of aliphatic carboxylic acids is 1. The largest absolute Gasteiger partial charge is 0.480 e. The zero-order chi connectivity index (χ0) is 23.4. The lowest BCUT2D eigenvalue weighted by molar-refractivity contribution is -0.143. The minimum atomic E-state index is -1.28. The molecule has 0 aliphatic carbocycles. The van der Waals surface area contributed by atoms with Crippen molar-refractivity contribution in [3.05, 3.63) is 0 Å². The first-order valence-electron chi connectivity index (χ1n) is 9.93. The van der Waals surface area contributed by atoms with E-state index in [2.05, 4.69) is 16.0 Å². The van der Waals surface area contributed by atoms with Gasteiger partial charge < -0.3 is 31.9 Å². The number of carbonyl (C=O) groups is 4. The highest BCUT2D eigenvalue weighted by atomic mass is 32.2. The molecule has 0 aromatic heterocycles. The van der Waals surface area contributed by atoms with E-state index in [4.69, 9.17) is 5.73 Å². The molecule has 30 heavy (non-hydrogen) atoms. The van der Waals surface area contributed by atoms with Gasteiger partial charge in [-0.3, -0.25) is 14.4 Å². The van der Waals surface area contributed by atoms with Crippen LogP contribution in [0.15, 0.2) is 0 Å². The summed E-state index contributed by atoms with van der Waals surface area (Å²) in [6.07, 6.45) is 2.54. The van der Waals surface area contributed by atoms with Gasteiger partial charge in [0.05, 0.1) is 12.6 Å². The molecule has 0 heterocycles. The molecular formula is C19H36N4O6S. The molecule has 4 unspecified atom stereocenters. The van der Waals surface area contributed by atoms with Gasteiger partial charge in [-0.2, -0.15) is 11.8 Å². The number of nitrogens with two attached hydrogens (primary N) is 1. The predicted octanol–water partition coefficient (Wildman–Crippen LogP) is -0.700. The fraction of sp³-hybridized carbons (Fsp3) is 0.789. The molecule has 0 aliphatic rings. The number of hydrogen-bond acceptors (Lipinski definition) is 7. The molecule has 0 rings (SSSR count). The number of thioether (sulfide) groups is 1. The molecule has 0 saturated carbocycles. The molecule has 0 aliphatic heterocycles. The smallest absolute Gasteiger partial charge is 0.326 e. The Morgan fingerprint density at radius 1 is 0.933 bits per heavy atom. The van der Waals surface area contributed by atoms with Gasteiger partial charge in [0.1, 0.15) is 18.1 Å². The molecule has 174 valence electrons. The van der Waals surface area contributed by atoms with Gasteiger partial charge >= 0.3 is 5.97 Å². The molecule has 3 amide bonds. The van der Waals surface area contributed by atoms with Gasteiger partial charge in [0.15, 0.2) is 0 Å². The van der Waals surface area contributed by atoms with Crippen LogP contribution in [0.4, 0.5) is 0 Å². The Hall–Kier alpha value is -1.85. The lowest BCUT2D eigenvalue weighted by atomic mass is 10.00. The van der Waals surface area contributed by atoms with E-state index in [0.717, 1.165) is 0 Å². The number of amides is 3. The van der Waals surface area contributed by atoms with Crippen molar-refractivity contribution in [3.8, 4) is 0 Å². The average molecular weight is 449 g/mol. The third-order valence-electron chi connectivity index (χ3n) is 4.36. The molecule has 11 heteroatoms. The van der Waals surface area contributed by atoms with Gasteiger partial charge in [0, 0.05) is 0 Å². The van der Waals surface area contributed by atoms with Crippen LogP contribution in [0.3, 0.4) is 0 Å². The maximum atomic E-state index is 12.6. The predicted molar refractivity (Wildman–Crippen MR) is 116 cm³/mol. The first-order chi connectivity index (χ1) is 13.9. The zero-order valence-corrected chi connectivity index (χ0v) is 19.1. The summed E-state index contributed by atoms with van der Waals surface area (Å²) in [5, 5.41) is 26.1. The SMILES string of the molecule is CSCCC(N)C(=O)NC(CO)C(=O)NC(CC(C)C)C(=O)NC(C(=O)O)C(C)C. The zero-order valence-electron chi connectivity index (χ0n) is 18.3. The molecular weight excluding hydrogens is 412 g/mol. The topological polar surface area (TPSA) is 171 Å². The molecule has 7 N–H and O–H groups in total. The fourth-order valence-corrected chi connectivity index (χ4v) is 3.08. The third-order valence-corrected chi connectivity index (χ3v) is 5.00. The summed E-state index contributed by atoms with van der Waals surface area (Å²) in [6, 6.07) is -4.22. The number of rotatable bonds is 14. The second-order valence-corrected chi connectivity index (χ2v) is 8.88. The summed E-state index contributed by atoms with van der Waals surface area (Å²) in [5.41, 5.74) is 5.77. The third kappa shape index (κ3) is 10.3. The number of nitrogens with one attached hydrogen (secondary N) is 3. The van der Waals surface area contributed by atoms with Crippen LogP contribution in [0.25, 0.3) is 0 Å². The van der Waals surface area contributed by atoms with Gasteiger partial charge in [-0.15, -0.1) is 0 Å². The Labute approximate surface area is 182 Å². The van der Waals surface area contributed by atoms with Crippen molar-refractivity contribution >= 4 is 35.5 Å². The maximum Gasteiger partial charge on any atom is 0.326 e. The summed E-state index contributed by atoms with van der Waals surface area (Å²) in [5.74, 6) is -2.80. The monoisotopic (exact) mass is 448 g/mol. The molecule has 0 aromatic carbocycles. The van der Waals surface area contributed by atoms with Crippen molar-refractivity contribution < 1.29 is 29.4 Å². The average Bonchev–Trinajstić information content (AvgIpc) is 2.66. The van der Waals surface area contributed by atoms with E-state index in [1.165, 1.54) is 11.8 Å². The first-order valence-corrected chi connectivity index (χ1v) is 11.3. The highest BCUT2D eigenvalue weighted by Gasteiger charge is 2.31. The summed E-state index contributed by atoms with van der Waals surface area (Å²) in [6.45, 7) is 6.34. The van der Waals surface area contributed by atoms with Crippen LogP contribution in [0.5, 0.6) is 0 Å². The number of carbonyl (C=O) groups excluding carboxylic acids is 3. The van der Waals surface area contributed by atoms with E-state index >= 15 is 0 Å². The van der Waals surface area contributed by atoms with Crippen molar-refractivity contribution in [2.24, 2.45) is 17.6 Å². The van der Waals surface area contributed by atoms with Crippen LogP contribution in [0.1, 0.15) is 40.5 Å². The molecule has 0 bridgehead atoms. The molecule has 4 atom stereocenters. The Kier molecular flexibility index (Phi) is 13.3. The number of carboxylic acid groups (broad SMARTS) is 1. The number of carboxylic acids is 1. The van der Waals surface area contributed by atoms with Crippen LogP contribution in [0, 0.1) is 11.8 Å². The fourth-order valence-electron chi connectivity index (χ4n) is 2.59. The minimum Gasteiger partial charge on any atom is -0.480 e. The van der Waals surface area contributed by atoms with Crippen molar-refractivity contribution in [1.82, 2.24) is 16.0 Å². The summed E-state index contributed by atoms with van der Waals surface area (Å²) < 4.78 is 0. The van der Waals surface area contributed by atoms with Gasteiger partial charge in [0.2, 0.25) is 17.7 Å². The minimum absolute atomic E-state index is 0.0190. The normalized spacial score (nSPS) is 15.2. The van der Waals surface area contributed by atoms with Crippen molar-refractivity contribution in [2.75, 3.05) is 18.6 Å². The number of aliphatic hydroxyl groups excluding tert-OH is 1. The van der Waals surface area contributed by atoms with Gasteiger partial charge in [-0.05, 0) is 36.7 Å². The van der Waals surface area contributed by atoms with E-state index < -0.39 is 54.5 Å². The Morgan fingerprint density at radius 3 is 1.90 bits per heavy atom. The second-order valence-electron chi connectivity index (χ2n) is 7.89. The summed E-state index contributed by atoms with van der Waals surface area (Å²) in [4.78, 5) is 48.7. The van der Waals surface area contributed by atoms with E-state index in [-0.39, 0.29) is 18.3 Å². The Balaban J connectivity index is 5.20. The first kappa shape index (κ1) is 28.1. The van der Waals surface area contributed by atoms with Crippen molar-refractivity contribution in [1.29, 1.82) is 0 Å². The molecule has 0 aromatic rings. The van der Waals surface area contributed by atoms with E-state index in [1.54, 1.807) is 13.8 Å².